The second-order valence-electron chi connectivity index (χ2n) is 4.98. The van der Waals surface area contributed by atoms with Crippen molar-refractivity contribution in [3.63, 3.8) is 0 Å². The molecule has 7 atom stereocenters. The first-order valence-electron chi connectivity index (χ1n) is 6.12. The number of carbonyl (C=O) groups is 2. The Morgan fingerprint density at radius 1 is 1.38 bits per heavy atom. The summed E-state index contributed by atoms with van der Waals surface area (Å²) in [4.78, 5) is 22.6. The van der Waals surface area contributed by atoms with E-state index in [4.69, 9.17) is 20.7 Å². The first kappa shape index (κ1) is 17.9. The second-order valence-corrected chi connectivity index (χ2v) is 4.98. The third kappa shape index (κ3) is 3.06. The van der Waals surface area contributed by atoms with Gasteiger partial charge in [0.2, 0.25) is 0 Å². The number of aliphatic carboxylic acids is 1. The van der Waals surface area contributed by atoms with Crippen LogP contribution in [-0.2, 0) is 14.3 Å². The van der Waals surface area contributed by atoms with Crippen LogP contribution in [0.1, 0.15) is 6.92 Å². The van der Waals surface area contributed by atoms with Gasteiger partial charge in [-0.25, -0.2) is 4.79 Å². The van der Waals surface area contributed by atoms with Crippen LogP contribution in [-0.4, -0.2) is 85.2 Å². The van der Waals surface area contributed by atoms with Crippen molar-refractivity contribution < 1.29 is 45.0 Å². The van der Waals surface area contributed by atoms with Gasteiger partial charge in [0.1, 0.15) is 30.0 Å². The van der Waals surface area contributed by atoms with E-state index in [0.29, 0.717) is 0 Å². The lowest BCUT2D eigenvalue weighted by Gasteiger charge is -2.47. The number of hydrogen-bond acceptors (Lipinski definition) is 9. The van der Waals surface area contributed by atoms with Gasteiger partial charge in [-0.15, -0.1) is 0 Å². The number of Topliss-reactive ketones (excluding diaryl/α,β-unsaturated/α-hetero) is 1. The predicted octanol–water partition coefficient (Wildman–Crippen LogP) is -4.23. The van der Waals surface area contributed by atoms with Gasteiger partial charge in [0.15, 0.2) is 0 Å². The lowest BCUT2D eigenvalue weighted by atomic mass is 9.79. The highest BCUT2D eigenvalue weighted by atomic mass is 16.7. The monoisotopic (exact) mass is 309 g/mol. The Balaban J connectivity index is 3.19. The van der Waals surface area contributed by atoms with E-state index in [1.807, 2.05) is 0 Å². The van der Waals surface area contributed by atoms with Gasteiger partial charge in [0.25, 0.3) is 5.79 Å². The molecular formula is C11H19NO9. The topological polar surface area (TPSA) is 191 Å². The van der Waals surface area contributed by atoms with Crippen LogP contribution in [0.15, 0.2) is 0 Å². The molecule has 1 rings (SSSR count). The molecule has 1 heterocycles. The van der Waals surface area contributed by atoms with Crippen molar-refractivity contribution in [2.75, 3.05) is 6.61 Å². The van der Waals surface area contributed by atoms with E-state index in [1.54, 1.807) is 0 Å². The Morgan fingerprint density at radius 3 is 2.29 bits per heavy atom. The van der Waals surface area contributed by atoms with Gasteiger partial charge in [0.05, 0.1) is 18.8 Å². The molecule has 2 unspecified atom stereocenters. The Kier molecular flexibility index (Phi) is 5.39. The van der Waals surface area contributed by atoms with E-state index in [9.17, 15) is 30.0 Å². The lowest BCUT2D eigenvalue weighted by Crippen LogP contribution is -2.71. The molecule has 1 aliphatic heterocycles. The summed E-state index contributed by atoms with van der Waals surface area (Å²) < 4.78 is 4.81. The Hall–Kier alpha value is -1.14. The minimum atomic E-state index is -3.11. The van der Waals surface area contributed by atoms with Gasteiger partial charge in [0, 0.05) is 0 Å². The van der Waals surface area contributed by atoms with Crippen LogP contribution < -0.4 is 5.73 Å². The number of ether oxygens (including phenoxy) is 1. The molecule has 1 aliphatic rings. The molecule has 0 amide bonds. The third-order valence-corrected chi connectivity index (χ3v) is 3.51. The summed E-state index contributed by atoms with van der Waals surface area (Å²) in [6.45, 7) is 0.0582. The Morgan fingerprint density at radius 2 is 1.90 bits per heavy atom. The molecule has 1 saturated heterocycles. The van der Waals surface area contributed by atoms with Crippen LogP contribution in [0, 0.1) is 5.92 Å². The maximum Gasteiger partial charge on any atom is 0.365 e. The van der Waals surface area contributed by atoms with Gasteiger partial charge < -0.3 is 41.1 Å². The molecule has 0 radical (unpaired) electrons. The van der Waals surface area contributed by atoms with Crippen molar-refractivity contribution in [2.24, 2.45) is 11.7 Å². The molecule has 0 aliphatic carbocycles. The first-order valence-corrected chi connectivity index (χ1v) is 6.12. The molecule has 1 fully saturated rings. The molecule has 8 N–H and O–H groups in total. The lowest BCUT2D eigenvalue weighted by molar-refractivity contribution is -0.311. The molecule has 0 spiro atoms. The molecule has 0 bridgehead atoms. The van der Waals surface area contributed by atoms with Crippen molar-refractivity contribution in [3.8, 4) is 0 Å². The quantitative estimate of drug-likeness (QED) is 0.262. The fourth-order valence-electron chi connectivity index (χ4n) is 2.33. The van der Waals surface area contributed by atoms with Crippen LogP contribution in [0.5, 0.6) is 0 Å². The van der Waals surface area contributed by atoms with Gasteiger partial charge in [-0.2, -0.15) is 0 Å². The van der Waals surface area contributed by atoms with Crippen molar-refractivity contribution >= 4 is 11.8 Å². The second kappa shape index (κ2) is 6.32. The predicted molar refractivity (Wildman–Crippen MR) is 64.7 cm³/mol. The van der Waals surface area contributed by atoms with Crippen LogP contribution in [0.3, 0.4) is 0 Å². The van der Waals surface area contributed by atoms with E-state index in [0.717, 1.165) is 6.92 Å². The summed E-state index contributed by atoms with van der Waals surface area (Å²) in [5, 5.41) is 56.9. The fourth-order valence-corrected chi connectivity index (χ4v) is 2.33. The molecule has 0 saturated carbocycles. The van der Waals surface area contributed by atoms with E-state index in [-0.39, 0.29) is 0 Å². The Labute approximate surface area is 119 Å². The number of ketones is 1. The standard InChI is InChI=1S/C11H19NO9/c1-3(14)5-8(17)6(12)9(7(16)4(15)2-13)21-11(5,20)10(18)19/h4-9,13,15-17,20H,2,12H2,1H3,(H,18,19)/t4-,5?,6-,7-,8+,9-,11?/m0/s1. The molecule has 0 aromatic rings. The highest BCUT2D eigenvalue weighted by Crippen LogP contribution is 2.35. The maximum atomic E-state index is 11.5. The largest absolute Gasteiger partial charge is 0.477 e. The number of hydrogen-bond donors (Lipinski definition) is 7. The molecular weight excluding hydrogens is 290 g/mol. The van der Waals surface area contributed by atoms with Crippen LogP contribution in [0.25, 0.3) is 0 Å². The number of nitrogens with two attached hydrogens (primary N) is 1. The smallest absolute Gasteiger partial charge is 0.365 e. The van der Waals surface area contributed by atoms with E-state index in [2.05, 4.69) is 0 Å². The van der Waals surface area contributed by atoms with Gasteiger partial charge in [-0.1, -0.05) is 0 Å². The number of carbonyl (C=O) groups excluding carboxylic acids is 1. The van der Waals surface area contributed by atoms with Crippen molar-refractivity contribution in [1.29, 1.82) is 0 Å². The third-order valence-electron chi connectivity index (χ3n) is 3.51. The minimum Gasteiger partial charge on any atom is -0.477 e. The average molecular weight is 309 g/mol. The molecule has 10 nitrogen and oxygen atoms in total. The number of carboxylic acids is 1. The summed E-state index contributed by atoms with van der Waals surface area (Å²) in [5.74, 6) is -7.80. The maximum absolute atomic E-state index is 11.5. The summed E-state index contributed by atoms with van der Waals surface area (Å²) in [6.07, 6.45) is -7.15. The van der Waals surface area contributed by atoms with Crippen LogP contribution >= 0.6 is 0 Å². The fraction of sp³-hybridized carbons (Fsp3) is 0.818. The van der Waals surface area contributed by atoms with Gasteiger partial charge >= 0.3 is 5.97 Å². The molecule has 10 heteroatoms. The van der Waals surface area contributed by atoms with E-state index >= 15 is 0 Å². The Bertz CT molecular complexity index is 416. The van der Waals surface area contributed by atoms with Crippen molar-refractivity contribution in [1.82, 2.24) is 0 Å². The first-order chi connectivity index (χ1) is 9.57. The van der Waals surface area contributed by atoms with E-state index < -0.39 is 60.5 Å². The zero-order chi connectivity index (χ0) is 16.5. The summed E-state index contributed by atoms with van der Waals surface area (Å²) >= 11 is 0. The number of aliphatic hydroxyl groups is 5. The molecule has 122 valence electrons. The zero-order valence-electron chi connectivity index (χ0n) is 11.2. The average Bonchev–Trinajstić information content (AvgIpc) is 2.40. The van der Waals surface area contributed by atoms with Crippen LogP contribution in [0.2, 0.25) is 0 Å². The number of carboxylic acid groups (broad SMARTS) is 1. The van der Waals surface area contributed by atoms with Crippen molar-refractivity contribution in [2.45, 2.75) is 43.2 Å². The van der Waals surface area contributed by atoms with Crippen molar-refractivity contribution in [3.05, 3.63) is 0 Å². The zero-order valence-corrected chi connectivity index (χ0v) is 11.2. The highest BCUT2D eigenvalue weighted by Gasteiger charge is 2.60. The van der Waals surface area contributed by atoms with Gasteiger partial charge in [-0.3, -0.25) is 4.79 Å². The SMILES string of the molecule is CC(=O)C1[C@@H](O)[C@H](N)[C@@H]([C@@H](O)[C@@H](O)CO)OC1(O)C(=O)O. The normalized spacial score (nSPS) is 39.6. The van der Waals surface area contributed by atoms with Crippen LogP contribution in [0.4, 0.5) is 0 Å². The molecule has 0 aromatic carbocycles. The minimum absolute atomic E-state index is 0.876. The van der Waals surface area contributed by atoms with E-state index in [1.165, 1.54) is 0 Å². The van der Waals surface area contributed by atoms with Gasteiger partial charge in [-0.05, 0) is 6.92 Å². The summed E-state index contributed by atoms with van der Waals surface area (Å²) in [6, 6.07) is -1.46. The molecule has 21 heavy (non-hydrogen) atoms. The summed E-state index contributed by atoms with van der Waals surface area (Å²) in [5.41, 5.74) is 5.58. The summed E-state index contributed by atoms with van der Waals surface area (Å²) in [7, 11) is 0. The molecule has 0 aromatic heterocycles. The highest BCUT2D eigenvalue weighted by molar-refractivity contribution is 5.88. The number of aliphatic hydroxyl groups excluding tert-OH is 4. The number of rotatable bonds is 5.